The predicted octanol–water partition coefficient (Wildman–Crippen LogP) is 1.82. The van der Waals surface area contributed by atoms with Crippen LogP contribution in [0.25, 0.3) is 10.9 Å². The topological polar surface area (TPSA) is 44.0 Å². The molecular weight excluding hydrogens is 259 g/mol. The number of fused-ring (bicyclic) bond motifs is 1. The van der Waals surface area contributed by atoms with Gasteiger partial charge in [0.1, 0.15) is 0 Å². The third-order valence-corrected chi connectivity index (χ3v) is 2.91. The molecule has 0 amide bonds. The molecule has 1 aliphatic heterocycles. The molecule has 17 heavy (non-hydrogen) atoms. The molecule has 0 unspecified atom stereocenters. The van der Waals surface area contributed by atoms with Gasteiger partial charge in [-0.1, -0.05) is 12.1 Å². The maximum absolute atomic E-state index is 4.09. The first kappa shape index (κ1) is 14.1. The quantitative estimate of drug-likeness (QED) is 0.834. The lowest BCUT2D eigenvalue weighted by atomic mass is 10.2. The third kappa shape index (κ3) is 2.65. The molecule has 2 N–H and O–H groups in total. The first-order chi connectivity index (χ1) is 7.45. The molecule has 0 atom stereocenters. The van der Waals surface area contributed by atoms with Crippen molar-refractivity contribution in [2.75, 3.05) is 31.1 Å². The fourth-order valence-electron chi connectivity index (χ4n) is 2.12. The van der Waals surface area contributed by atoms with Crippen molar-refractivity contribution in [2.45, 2.75) is 0 Å². The summed E-state index contributed by atoms with van der Waals surface area (Å²) in [5, 5.41) is 11.7. The van der Waals surface area contributed by atoms with Gasteiger partial charge in [0.05, 0.1) is 17.4 Å². The maximum atomic E-state index is 4.09. The molecule has 2 heterocycles. The Morgan fingerprint density at radius 2 is 1.88 bits per heavy atom. The monoisotopic (exact) mass is 274 g/mol. The number of rotatable bonds is 1. The summed E-state index contributed by atoms with van der Waals surface area (Å²) in [6.07, 6.45) is 1.88. The molecule has 94 valence electrons. The minimum Gasteiger partial charge on any atom is -0.367 e. The molecule has 4 nitrogen and oxygen atoms in total. The smallest absolute Gasteiger partial charge is 0.0883 e. The summed E-state index contributed by atoms with van der Waals surface area (Å²) >= 11 is 0. The number of nitrogens with one attached hydrogen (secondary N) is 2. The summed E-state index contributed by atoms with van der Waals surface area (Å²) in [5.41, 5.74) is 2.42. The van der Waals surface area contributed by atoms with Crippen LogP contribution in [-0.2, 0) is 0 Å². The number of nitrogens with zero attached hydrogens (tertiary/aromatic N) is 2. The molecule has 0 saturated carbocycles. The van der Waals surface area contributed by atoms with Gasteiger partial charge in [0.25, 0.3) is 0 Å². The number of H-pyrrole nitrogens is 1. The zero-order chi connectivity index (χ0) is 10.1. The second kappa shape index (κ2) is 6.10. The number of aromatic nitrogens is 2. The molecule has 6 heteroatoms. The Balaban J connectivity index is 0.000000722. The van der Waals surface area contributed by atoms with Crippen LogP contribution in [0.1, 0.15) is 0 Å². The molecule has 1 aromatic heterocycles. The highest BCUT2D eigenvalue weighted by atomic mass is 35.5. The molecule has 2 aromatic rings. The number of anilines is 1. The fraction of sp³-hybridized carbons (Fsp3) is 0.364. The zero-order valence-corrected chi connectivity index (χ0v) is 11.0. The van der Waals surface area contributed by atoms with Crippen molar-refractivity contribution in [3.8, 4) is 0 Å². The lowest BCUT2D eigenvalue weighted by Crippen LogP contribution is -2.43. The van der Waals surface area contributed by atoms with E-state index >= 15 is 0 Å². The summed E-state index contributed by atoms with van der Waals surface area (Å²) in [6.45, 7) is 4.26. The number of halogens is 2. The Kier molecular flexibility index (Phi) is 5.05. The van der Waals surface area contributed by atoms with Crippen LogP contribution in [0.3, 0.4) is 0 Å². The SMILES string of the molecule is Cl.Cl.c1cc(N2CCNCC2)c2[nH]ncc2c1. The van der Waals surface area contributed by atoms with Gasteiger partial charge >= 0.3 is 0 Å². The largest absolute Gasteiger partial charge is 0.367 e. The normalized spacial score (nSPS) is 15.2. The molecule has 0 aliphatic carbocycles. The second-order valence-electron chi connectivity index (χ2n) is 3.85. The molecule has 0 radical (unpaired) electrons. The van der Waals surface area contributed by atoms with Crippen molar-refractivity contribution in [3.63, 3.8) is 0 Å². The molecule has 3 rings (SSSR count). The Bertz CT molecular complexity index is 465. The molecule has 1 fully saturated rings. The first-order valence-electron chi connectivity index (χ1n) is 5.33. The molecule has 1 aliphatic rings. The van der Waals surface area contributed by atoms with E-state index in [-0.39, 0.29) is 24.8 Å². The molecule has 0 spiro atoms. The van der Waals surface area contributed by atoms with Crippen molar-refractivity contribution in [3.05, 3.63) is 24.4 Å². The Morgan fingerprint density at radius 3 is 2.65 bits per heavy atom. The van der Waals surface area contributed by atoms with E-state index in [1.165, 1.54) is 11.1 Å². The van der Waals surface area contributed by atoms with Gasteiger partial charge in [-0.2, -0.15) is 5.10 Å². The van der Waals surface area contributed by atoms with Gasteiger partial charge in [0.15, 0.2) is 0 Å². The van der Waals surface area contributed by atoms with Gasteiger partial charge in [-0.25, -0.2) is 0 Å². The van der Waals surface area contributed by atoms with Crippen molar-refractivity contribution < 1.29 is 0 Å². The van der Waals surface area contributed by atoms with Gasteiger partial charge in [-0.05, 0) is 6.07 Å². The van der Waals surface area contributed by atoms with Crippen LogP contribution in [0, 0.1) is 0 Å². The van der Waals surface area contributed by atoms with E-state index < -0.39 is 0 Å². The molecule has 1 saturated heterocycles. The number of piperazine rings is 1. The third-order valence-electron chi connectivity index (χ3n) is 2.91. The van der Waals surface area contributed by atoms with Crippen LogP contribution in [0.5, 0.6) is 0 Å². The highest BCUT2D eigenvalue weighted by Crippen LogP contribution is 2.24. The van der Waals surface area contributed by atoms with E-state index in [0.717, 1.165) is 31.7 Å². The van der Waals surface area contributed by atoms with Gasteiger partial charge in [0, 0.05) is 31.6 Å². The van der Waals surface area contributed by atoms with Crippen molar-refractivity contribution in [2.24, 2.45) is 0 Å². The highest BCUT2D eigenvalue weighted by Gasteiger charge is 2.13. The predicted molar refractivity (Wildman–Crippen MR) is 75.7 cm³/mol. The lowest BCUT2D eigenvalue weighted by molar-refractivity contribution is 0.590. The minimum atomic E-state index is 0. The van der Waals surface area contributed by atoms with Gasteiger partial charge in [0.2, 0.25) is 0 Å². The highest BCUT2D eigenvalue weighted by molar-refractivity contribution is 5.90. The Hall–Kier alpha value is -0.970. The number of hydrogen-bond acceptors (Lipinski definition) is 3. The van der Waals surface area contributed by atoms with E-state index in [1.54, 1.807) is 0 Å². The van der Waals surface area contributed by atoms with E-state index in [1.807, 2.05) is 6.20 Å². The van der Waals surface area contributed by atoms with Gasteiger partial charge < -0.3 is 10.2 Å². The average Bonchev–Trinajstić information content (AvgIpc) is 2.78. The molecular formula is C11H16Cl2N4. The van der Waals surface area contributed by atoms with Crippen LogP contribution >= 0.6 is 24.8 Å². The van der Waals surface area contributed by atoms with E-state index in [9.17, 15) is 0 Å². The van der Waals surface area contributed by atoms with Crippen LogP contribution < -0.4 is 10.2 Å². The molecule has 1 aromatic carbocycles. The fourth-order valence-corrected chi connectivity index (χ4v) is 2.12. The summed E-state index contributed by atoms with van der Waals surface area (Å²) in [6, 6.07) is 6.34. The van der Waals surface area contributed by atoms with Crippen molar-refractivity contribution in [1.29, 1.82) is 0 Å². The van der Waals surface area contributed by atoms with Crippen molar-refractivity contribution >= 4 is 41.4 Å². The lowest BCUT2D eigenvalue weighted by Gasteiger charge is -2.29. The van der Waals surface area contributed by atoms with E-state index in [0.29, 0.717) is 0 Å². The number of benzene rings is 1. The summed E-state index contributed by atoms with van der Waals surface area (Å²) < 4.78 is 0. The summed E-state index contributed by atoms with van der Waals surface area (Å²) in [5.74, 6) is 0. The van der Waals surface area contributed by atoms with Crippen molar-refractivity contribution in [1.82, 2.24) is 15.5 Å². The Labute approximate surface area is 113 Å². The first-order valence-corrected chi connectivity index (χ1v) is 5.33. The standard InChI is InChI=1S/C11H14N4.2ClH/c1-2-9-8-13-14-11(9)10(3-1)15-6-4-12-5-7-15;;/h1-3,8,12H,4-7H2,(H,13,14);2*1H. The van der Waals surface area contributed by atoms with Crippen LogP contribution in [0.4, 0.5) is 5.69 Å². The van der Waals surface area contributed by atoms with Gasteiger partial charge in [-0.15, -0.1) is 24.8 Å². The van der Waals surface area contributed by atoms with Gasteiger partial charge in [-0.3, -0.25) is 5.10 Å². The van der Waals surface area contributed by atoms with E-state index in [4.69, 9.17) is 0 Å². The van der Waals surface area contributed by atoms with E-state index in [2.05, 4.69) is 38.6 Å². The second-order valence-corrected chi connectivity index (χ2v) is 3.85. The van der Waals surface area contributed by atoms with Crippen LogP contribution in [0.2, 0.25) is 0 Å². The molecule has 0 bridgehead atoms. The summed E-state index contributed by atoms with van der Waals surface area (Å²) in [7, 11) is 0. The number of hydrogen-bond donors (Lipinski definition) is 2. The van der Waals surface area contributed by atoms with Crippen LogP contribution in [0.15, 0.2) is 24.4 Å². The zero-order valence-electron chi connectivity index (χ0n) is 9.35. The number of aromatic amines is 1. The van der Waals surface area contributed by atoms with Crippen LogP contribution in [-0.4, -0.2) is 36.4 Å². The minimum absolute atomic E-state index is 0. The summed E-state index contributed by atoms with van der Waals surface area (Å²) in [4.78, 5) is 2.40. The average molecular weight is 275 g/mol. The Morgan fingerprint density at radius 1 is 1.12 bits per heavy atom. The maximum Gasteiger partial charge on any atom is 0.0883 e. The number of para-hydroxylation sites is 1.